The Morgan fingerprint density at radius 2 is 1.45 bits per heavy atom. The van der Waals surface area contributed by atoms with Gasteiger partial charge in [0.1, 0.15) is 0 Å². The van der Waals surface area contributed by atoms with Gasteiger partial charge in [-0.3, -0.25) is 0 Å². The summed E-state index contributed by atoms with van der Waals surface area (Å²) in [5, 5.41) is 21.3. The smallest absolute Gasteiger partial charge is 0.157 e. The van der Waals surface area contributed by atoms with Crippen LogP contribution in [0.3, 0.4) is 0 Å². The molecule has 0 radical (unpaired) electrons. The van der Waals surface area contributed by atoms with Crippen molar-refractivity contribution in [1.29, 1.82) is 0 Å². The molecule has 0 bridgehead atoms. The van der Waals surface area contributed by atoms with Gasteiger partial charge < -0.3 is 15.5 Å². The summed E-state index contributed by atoms with van der Waals surface area (Å²) in [5.41, 5.74) is 2.14. The Labute approximate surface area is 64.3 Å². The molecule has 11 heavy (non-hydrogen) atoms. The quantitative estimate of drug-likeness (QED) is 0.478. The molecular formula is C8H9NO2. The molecule has 0 fully saturated rings. The third-order valence-corrected chi connectivity index (χ3v) is 1.93. The third kappa shape index (κ3) is 0.935. The lowest BCUT2D eigenvalue weighted by atomic mass is 10.1. The second-order valence-corrected chi connectivity index (χ2v) is 2.71. The van der Waals surface area contributed by atoms with E-state index >= 15 is 0 Å². The molecular weight excluding hydrogens is 142 g/mol. The molecule has 0 saturated carbocycles. The zero-order valence-electron chi connectivity index (χ0n) is 5.96. The van der Waals surface area contributed by atoms with E-state index in [1.54, 1.807) is 12.1 Å². The fourth-order valence-electron chi connectivity index (χ4n) is 1.32. The van der Waals surface area contributed by atoms with E-state index in [1.807, 2.05) is 0 Å². The number of hydrogen-bond donors (Lipinski definition) is 3. The molecule has 0 spiro atoms. The lowest BCUT2D eigenvalue weighted by molar-refractivity contribution is 0.403. The number of nitrogens with one attached hydrogen (secondary N) is 1. The van der Waals surface area contributed by atoms with E-state index < -0.39 is 0 Å². The van der Waals surface area contributed by atoms with E-state index in [1.165, 1.54) is 0 Å². The molecule has 1 aliphatic rings. The van der Waals surface area contributed by atoms with Crippen molar-refractivity contribution in [2.75, 3.05) is 0 Å². The van der Waals surface area contributed by atoms with Gasteiger partial charge in [0, 0.05) is 13.1 Å². The van der Waals surface area contributed by atoms with Gasteiger partial charge in [0.2, 0.25) is 0 Å². The Bertz CT molecular complexity index is 267. The van der Waals surface area contributed by atoms with E-state index in [0.717, 1.165) is 24.2 Å². The molecule has 0 amide bonds. The molecule has 0 saturated heterocycles. The largest absolute Gasteiger partial charge is 0.504 e. The summed E-state index contributed by atoms with van der Waals surface area (Å²) in [7, 11) is 0. The predicted octanol–water partition coefficient (Wildman–Crippen LogP) is 0.701. The Balaban J connectivity index is 2.57. The van der Waals surface area contributed by atoms with E-state index in [-0.39, 0.29) is 11.5 Å². The van der Waals surface area contributed by atoms with Crippen molar-refractivity contribution in [3.63, 3.8) is 0 Å². The number of rotatable bonds is 0. The first-order valence-electron chi connectivity index (χ1n) is 3.52. The number of phenols is 2. The average molecular weight is 151 g/mol. The Hall–Kier alpha value is -1.22. The first kappa shape index (κ1) is 6.49. The van der Waals surface area contributed by atoms with Crippen LogP contribution in [0.15, 0.2) is 12.1 Å². The van der Waals surface area contributed by atoms with Gasteiger partial charge in [0.05, 0.1) is 0 Å². The highest BCUT2D eigenvalue weighted by Crippen LogP contribution is 2.30. The lowest BCUT2D eigenvalue weighted by Gasteiger charge is -2.00. The molecule has 3 nitrogen and oxygen atoms in total. The van der Waals surface area contributed by atoms with Gasteiger partial charge in [-0.2, -0.15) is 0 Å². The summed E-state index contributed by atoms with van der Waals surface area (Å²) >= 11 is 0. The Morgan fingerprint density at radius 1 is 1.00 bits per heavy atom. The molecule has 3 N–H and O–H groups in total. The molecule has 0 atom stereocenters. The molecule has 1 aromatic rings. The summed E-state index contributed by atoms with van der Waals surface area (Å²) in [6, 6.07) is 3.20. The number of hydrogen-bond acceptors (Lipinski definition) is 3. The minimum Gasteiger partial charge on any atom is -0.504 e. The monoisotopic (exact) mass is 151 g/mol. The van der Waals surface area contributed by atoms with E-state index in [9.17, 15) is 0 Å². The highest BCUT2D eigenvalue weighted by Gasteiger charge is 2.12. The number of benzene rings is 1. The van der Waals surface area contributed by atoms with Crippen LogP contribution in [0.2, 0.25) is 0 Å². The Morgan fingerprint density at radius 3 is 1.91 bits per heavy atom. The highest BCUT2D eigenvalue weighted by atomic mass is 16.3. The molecule has 1 aromatic carbocycles. The summed E-state index contributed by atoms with van der Waals surface area (Å²) in [4.78, 5) is 0. The molecule has 0 aliphatic carbocycles. The molecule has 0 aromatic heterocycles. The lowest BCUT2D eigenvalue weighted by Crippen LogP contribution is -1.99. The van der Waals surface area contributed by atoms with Crippen molar-refractivity contribution >= 4 is 0 Å². The summed E-state index contributed by atoms with van der Waals surface area (Å²) in [5.74, 6) is -0.0695. The molecule has 1 heterocycles. The summed E-state index contributed by atoms with van der Waals surface area (Å²) in [6.45, 7) is 1.56. The molecule has 3 heteroatoms. The van der Waals surface area contributed by atoms with Crippen molar-refractivity contribution in [2.45, 2.75) is 13.1 Å². The summed E-state index contributed by atoms with van der Waals surface area (Å²) in [6.07, 6.45) is 0. The van der Waals surface area contributed by atoms with Gasteiger partial charge in [0.25, 0.3) is 0 Å². The third-order valence-electron chi connectivity index (χ3n) is 1.93. The van der Waals surface area contributed by atoms with Gasteiger partial charge in [0.15, 0.2) is 11.5 Å². The van der Waals surface area contributed by atoms with Crippen LogP contribution < -0.4 is 5.32 Å². The molecule has 2 rings (SSSR count). The SMILES string of the molecule is Oc1cc2c(cc1O)CNC2. The van der Waals surface area contributed by atoms with E-state index in [2.05, 4.69) is 5.32 Å². The maximum absolute atomic E-state index is 9.11. The zero-order chi connectivity index (χ0) is 7.84. The molecule has 58 valence electrons. The van der Waals surface area contributed by atoms with Crippen molar-refractivity contribution in [3.05, 3.63) is 23.3 Å². The second kappa shape index (κ2) is 2.13. The van der Waals surface area contributed by atoms with Crippen LogP contribution in [0.4, 0.5) is 0 Å². The fraction of sp³-hybridized carbons (Fsp3) is 0.250. The zero-order valence-corrected chi connectivity index (χ0v) is 5.96. The van der Waals surface area contributed by atoms with Gasteiger partial charge in [-0.25, -0.2) is 0 Å². The van der Waals surface area contributed by atoms with Gasteiger partial charge in [-0.1, -0.05) is 0 Å². The Kier molecular flexibility index (Phi) is 1.26. The number of fused-ring (bicyclic) bond motifs is 1. The van der Waals surface area contributed by atoms with Crippen molar-refractivity contribution < 1.29 is 10.2 Å². The topological polar surface area (TPSA) is 52.5 Å². The van der Waals surface area contributed by atoms with E-state index in [4.69, 9.17) is 10.2 Å². The second-order valence-electron chi connectivity index (χ2n) is 2.71. The minimum atomic E-state index is -0.0348. The molecule has 1 aliphatic heterocycles. The van der Waals surface area contributed by atoms with Crippen LogP contribution in [0.5, 0.6) is 11.5 Å². The van der Waals surface area contributed by atoms with Gasteiger partial charge >= 0.3 is 0 Å². The van der Waals surface area contributed by atoms with Crippen LogP contribution in [-0.2, 0) is 13.1 Å². The maximum Gasteiger partial charge on any atom is 0.157 e. The number of aromatic hydroxyl groups is 2. The van der Waals surface area contributed by atoms with Gasteiger partial charge in [-0.05, 0) is 23.3 Å². The predicted molar refractivity (Wildman–Crippen MR) is 40.3 cm³/mol. The normalized spacial score (nSPS) is 14.9. The first-order valence-corrected chi connectivity index (χ1v) is 3.52. The standard InChI is InChI=1S/C8H9NO2/c10-7-1-5-3-9-4-6(5)2-8(7)11/h1-2,9-11H,3-4H2. The van der Waals surface area contributed by atoms with Crippen molar-refractivity contribution in [1.82, 2.24) is 5.32 Å². The van der Waals surface area contributed by atoms with Crippen LogP contribution in [0.25, 0.3) is 0 Å². The maximum atomic E-state index is 9.11. The van der Waals surface area contributed by atoms with E-state index in [0.29, 0.717) is 0 Å². The fourth-order valence-corrected chi connectivity index (χ4v) is 1.32. The highest BCUT2D eigenvalue weighted by molar-refractivity contribution is 5.46. The van der Waals surface area contributed by atoms with Crippen molar-refractivity contribution in [2.24, 2.45) is 0 Å². The van der Waals surface area contributed by atoms with Crippen LogP contribution in [0.1, 0.15) is 11.1 Å². The van der Waals surface area contributed by atoms with Crippen LogP contribution in [0, 0.1) is 0 Å². The first-order chi connectivity index (χ1) is 5.27. The van der Waals surface area contributed by atoms with Gasteiger partial charge in [-0.15, -0.1) is 0 Å². The van der Waals surface area contributed by atoms with Crippen molar-refractivity contribution in [3.8, 4) is 11.5 Å². The van der Waals surface area contributed by atoms with Crippen LogP contribution in [-0.4, -0.2) is 10.2 Å². The summed E-state index contributed by atoms with van der Waals surface area (Å²) < 4.78 is 0. The number of phenolic OH excluding ortho intramolecular Hbond substituents is 2. The minimum absolute atomic E-state index is 0.0348. The average Bonchev–Trinajstić information content (AvgIpc) is 2.36. The molecule has 0 unspecified atom stereocenters. The van der Waals surface area contributed by atoms with Crippen LogP contribution >= 0.6 is 0 Å².